The van der Waals surface area contributed by atoms with E-state index in [-0.39, 0.29) is 5.92 Å². The lowest BCUT2D eigenvalue weighted by molar-refractivity contribution is -0.129. The minimum absolute atomic E-state index is 0.143. The lowest BCUT2D eigenvalue weighted by Gasteiger charge is -2.24. The number of ether oxygens (including phenoxy) is 1. The van der Waals surface area contributed by atoms with E-state index in [0.717, 1.165) is 0 Å². The molecule has 0 aromatic rings. The summed E-state index contributed by atoms with van der Waals surface area (Å²) in [6.07, 6.45) is -0.466. The average molecular weight is 317 g/mol. The molecule has 0 fully saturated rings. The Kier molecular flexibility index (Phi) is 7.86. The smallest absolute Gasteiger partial charge is 0.408 e. The maximum atomic E-state index is 12.0. The molecule has 0 aliphatic rings. The topological polar surface area (TPSA) is 131 Å². The molecule has 0 heterocycles. The molecule has 8 heteroatoms. The van der Waals surface area contributed by atoms with Crippen molar-refractivity contribution >= 4 is 17.9 Å². The highest BCUT2D eigenvalue weighted by Crippen LogP contribution is 2.07. The van der Waals surface area contributed by atoms with Crippen LogP contribution in [0.4, 0.5) is 4.79 Å². The second-order valence-electron chi connectivity index (χ2n) is 6.47. The van der Waals surface area contributed by atoms with Crippen molar-refractivity contribution in [3.05, 3.63) is 0 Å². The minimum atomic E-state index is -1.22. The second-order valence-corrected chi connectivity index (χ2v) is 6.47. The largest absolute Gasteiger partial charge is 0.444 e. The summed E-state index contributed by atoms with van der Waals surface area (Å²) in [5.74, 6) is -1.22. The number of aliphatic hydroxyl groups excluding tert-OH is 1. The lowest BCUT2D eigenvalue weighted by atomic mass is 10.0. The Morgan fingerprint density at radius 1 is 1.14 bits per heavy atom. The molecule has 0 unspecified atom stereocenters. The van der Waals surface area contributed by atoms with Crippen molar-refractivity contribution in [1.29, 1.82) is 0 Å². The van der Waals surface area contributed by atoms with Gasteiger partial charge in [0.25, 0.3) is 0 Å². The van der Waals surface area contributed by atoms with Crippen LogP contribution >= 0.6 is 0 Å². The van der Waals surface area contributed by atoms with Crippen LogP contribution in [0.5, 0.6) is 0 Å². The van der Waals surface area contributed by atoms with Gasteiger partial charge in [-0.2, -0.15) is 0 Å². The molecule has 22 heavy (non-hydrogen) atoms. The summed E-state index contributed by atoms with van der Waals surface area (Å²) in [5.41, 5.74) is 4.50. The first kappa shape index (κ1) is 20.2. The van der Waals surface area contributed by atoms with Crippen LogP contribution in [0.3, 0.4) is 0 Å². The molecule has 5 N–H and O–H groups in total. The number of hydrogen-bond donors (Lipinski definition) is 4. The van der Waals surface area contributed by atoms with Crippen molar-refractivity contribution in [2.75, 3.05) is 6.61 Å². The Balaban J connectivity index is 4.69. The van der Waals surface area contributed by atoms with Crippen LogP contribution in [-0.4, -0.2) is 47.3 Å². The summed E-state index contributed by atoms with van der Waals surface area (Å²) in [4.78, 5) is 35.0. The van der Waals surface area contributed by atoms with Crippen molar-refractivity contribution in [2.45, 2.75) is 58.7 Å². The van der Waals surface area contributed by atoms with Gasteiger partial charge < -0.3 is 26.2 Å². The number of aliphatic hydroxyl groups is 1. The standard InChI is InChI=1S/C14H27N3O5/c1-8(2)6-9(11(15)19)16-12(20)10(7-18)17-13(21)22-14(3,4)5/h8-10,18H,6-7H2,1-5H3,(H2,15,19)(H,16,20)(H,17,21)/t9-,10+/m0/s1. The van der Waals surface area contributed by atoms with Crippen molar-refractivity contribution < 1.29 is 24.2 Å². The van der Waals surface area contributed by atoms with Crippen LogP contribution in [0.25, 0.3) is 0 Å². The summed E-state index contributed by atoms with van der Waals surface area (Å²) >= 11 is 0. The molecule has 0 rings (SSSR count). The Morgan fingerprint density at radius 2 is 1.68 bits per heavy atom. The predicted molar refractivity (Wildman–Crippen MR) is 80.8 cm³/mol. The lowest BCUT2D eigenvalue weighted by Crippen LogP contribution is -2.55. The minimum Gasteiger partial charge on any atom is -0.444 e. The van der Waals surface area contributed by atoms with Crippen molar-refractivity contribution in [3.8, 4) is 0 Å². The summed E-state index contributed by atoms with van der Waals surface area (Å²) in [5, 5.41) is 13.9. The molecular formula is C14H27N3O5. The summed E-state index contributed by atoms with van der Waals surface area (Å²) in [6.45, 7) is 8.15. The van der Waals surface area contributed by atoms with Crippen molar-refractivity contribution in [1.82, 2.24) is 10.6 Å². The molecule has 0 radical (unpaired) electrons. The maximum Gasteiger partial charge on any atom is 0.408 e. The van der Waals surface area contributed by atoms with Gasteiger partial charge in [0.2, 0.25) is 11.8 Å². The SMILES string of the molecule is CC(C)C[C@H](NC(=O)[C@@H](CO)NC(=O)OC(C)(C)C)C(N)=O. The van der Waals surface area contributed by atoms with Gasteiger partial charge in [-0.05, 0) is 33.1 Å². The molecule has 2 atom stereocenters. The molecule has 0 aromatic heterocycles. The molecule has 0 aliphatic heterocycles. The highest BCUT2D eigenvalue weighted by Gasteiger charge is 2.27. The Bertz CT molecular complexity index is 404. The fraction of sp³-hybridized carbons (Fsp3) is 0.786. The number of rotatable bonds is 7. The highest BCUT2D eigenvalue weighted by molar-refractivity contribution is 5.90. The van der Waals surface area contributed by atoms with Crippen LogP contribution in [-0.2, 0) is 14.3 Å². The maximum absolute atomic E-state index is 12.0. The number of carbonyl (C=O) groups is 3. The third kappa shape index (κ3) is 8.46. The molecule has 128 valence electrons. The first-order valence-corrected chi connectivity index (χ1v) is 7.16. The van der Waals surface area contributed by atoms with E-state index < -0.39 is 42.2 Å². The zero-order valence-electron chi connectivity index (χ0n) is 13.8. The van der Waals surface area contributed by atoms with Crippen molar-refractivity contribution in [2.24, 2.45) is 11.7 Å². The number of hydrogen-bond acceptors (Lipinski definition) is 5. The van der Waals surface area contributed by atoms with Gasteiger partial charge >= 0.3 is 6.09 Å². The van der Waals surface area contributed by atoms with Crippen LogP contribution in [0.2, 0.25) is 0 Å². The zero-order chi connectivity index (χ0) is 17.5. The van der Waals surface area contributed by atoms with Crippen LogP contribution in [0.15, 0.2) is 0 Å². The number of nitrogens with two attached hydrogens (primary N) is 1. The average Bonchev–Trinajstić information content (AvgIpc) is 2.31. The Labute approximate surface area is 130 Å². The number of amides is 3. The molecule has 0 aliphatic carbocycles. The molecule has 0 bridgehead atoms. The third-order valence-corrected chi connectivity index (χ3v) is 2.56. The Hall–Kier alpha value is -1.83. The van der Waals surface area contributed by atoms with Crippen LogP contribution in [0, 0.1) is 5.92 Å². The molecule has 8 nitrogen and oxygen atoms in total. The van der Waals surface area contributed by atoms with Gasteiger partial charge in [0.15, 0.2) is 0 Å². The second kappa shape index (κ2) is 8.57. The van der Waals surface area contributed by atoms with E-state index in [1.165, 1.54) is 0 Å². The monoisotopic (exact) mass is 317 g/mol. The van der Waals surface area contributed by atoms with E-state index in [1.54, 1.807) is 20.8 Å². The number of primary amides is 1. The van der Waals surface area contributed by atoms with Gasteiger partial charge in [0.1, 0.15) is 17.7 Å². The summed E-state index contributed by atoms with van der Waals surface area (Å²) in [6, 6.07) is -2.08. The van der Waals surface area contributed by atoms with Gasteiger partial charge in [0.05, 0.1) is 6.61 Å². The molecule has 0 spiro atoms. The van der Waals surface area contributed by atoms with Gasteiger partial charge in [-0.3, -0.25) is 9.59 Å². The van der Waals surface area contributed by atoms with Crippen LogP contribution in [0.1, 0.15) is 41.0 Å². The molecular weight excluding hydrogens is 290 g/mol. The number of alkyl carbamates (subject to hydrolysis) is 1. The van der Waals surface area contributed by atoms with Crippen LogP contribution < -0.4 is 16.4 Å². The first-order chi connectivity index (χ1) is 9.96. The number of carbonyl (C=O) groups excluding carboxylic acids is 3. The summed E-state index contributed by atoms with van der Waals surface area (Å²) < 4.78 is 5.00. The van der Waals surface area contributed by atoms with E-state index in [0.29, 0.717) is 6.42 Å². The van der Waals surface area contributed by atoms with Gasteiger partial charge in [-0.25, -0.2) is 4.79 Å². The van der Waals surface area contributed by atoms with E-state index in [4.69, 9.17) is 10.5 Å². The highest BCUT2D eigenvalue weighted by atomic mass is 16.6. The van der Waals surface area contributed by atoms with E-state index in [1.807, 2.05) is 13.8 Å². The van der Waals surface area contributed by atoms with Gasteiger partial charge in [-0.1, -0.05) is 13.8 Å². The molecule has 3 amide bonds. The first-order valence-electron chi connectivity index (χ1n) is 7.16. The molecule has 0 saturated carbocycles. The molecule has 0 aromatic carbocycles. The quantitative estimate of drug-likeness (QED) is 0.520. The predicted octanol–water partition coefficient (Wildman–Crippen LogP) is -0.112. The van der Waals surface area contributed by atoms with E-state index in [2.05, 4.69) is 10.6 Å². The summed E-state index contributed by atoms with van der Waals surface area (Å²) in [7, 11) is 0. The fourth-order valence-corrected chi connectivity index (χ4v) is 1.63. The van der Waals surface area contributed by atoms with Gasteiger partial charge in [0, 0.05) is 0 Å². The van der Waals surface area contributed by atoms with E-state index in [9.17, 15) is 19.5 Å². The zero-order valence-corrected chi connectivity index (χ0v) is 13.8. The third-order valence-electron chi connectivity index (χ3n) is 2.56. The normalized spacial score (nSPS) is 14.1. The van der Waals surface area contributed by atoms with Crippen molar-refractivity contribution in [3.63, 3.8) is 0 Å². The Morgan fingerprint density at radius 3 is 2.05 bits per heavy atom. The van der Waals surface area contributed by atoms with E-state index >= 15 is 0 Å². The number of nitrogens with one attached hydrogen (secondary N) is 2. The molecule has 0 saturated heterocycles. The van der Waals surface area contributed by atoms with Gasteiger partial charge in [-0.15, -0.1) is 0 Å². The fourth-order valence-electron chi connectivity index (χ4n) is 1.63.